The Balaban J connectivity index is 0. The van der Waals surface area contributed by atoms with Crippen molar-refractivity contribution in [2.24, 2.45) is 0 Å². The minimum Gasteiger partial charge on any atom is -0.328 e. The zero-order chi connectivity index (χ0) is 3.58. The quantitative estimate of drug-likeness (QED) is 0.306. The zero-order valence-electron chi connectivity index (χ0n) is 2.24. The summed E-state index contributed by atoms with van der Waals surface area (Å²) in [4.78, 5) is 21.7. The van der Waals surface area contributed by atoms with Crippen LogP contribution >= 0.6 is 8.60 Å². The van der Waals surface area contributed by atoms with Crippen LogP contribution in [0.4, 0.5) is 0 Å². The maximum Gasteiger partial charge on any atom is 0.324 e. The fourth-order valence-electron chi connectivity index (χ4n) is 0. The fraction of sp³-hybridized carbons (Fsp3) is 0. The molecule has 0 heterocycles. The Morgan fingerprint density at radius 3 is 1.00 bits per heavy atom. The van der Waals surface area contributed by atoms with E-state index in [0.29, 0.717) is 0 Å². The summed E-state index contributed by atoms with van der Waals surface area (Å²) in [7, 11) is -2.62. The largest absolute Gasteiger partial charge is 0.328 e. The Bertz CT molecular complexity index is 11.6. The summed E-state index contributed by atoms with van der Waals surface area (Å²) in [6, 6.07) is 0. The van der Waals surface area contributed by atoms with E-state index < -0.39 is 8.60 Å². The van der Waals surface area contributed by atoms with Crippen LogP contribution < -0.4 is 0 Å². The van der Waals surface area contributed by atoms with Gasteiger partial charge in [0.05, 0.1) is 0 Å². The van der Waals surface area contributed by atoms with Gasteiger partial charge in [0.1, 0.15) is 0 Å². The topological polar surface area (TPSA) is 60.7 Å². The molecule has 0 aliphatic carbocycles. The molecule has 3 N–H and O–H groups in total. The van der Waals surface area contributed by atoms with E-state index in [9.17, 15) is 0 Å². The second-order valence-corrected chi connectivity index (χ2v) is 0.805. The molecule has 0 saturated carbocycles. The summed E-state index contributed by atoms with van der Waals surface area (Å²) in [5.74, 6) is 0. The van der Waals surface area contributed by atoms with E-state index in [0.717, 1.165) is 0 Å². The van der Waals surface area contributed by atoms with Crippen LogP contribution in [0, 0.1) is 0 Å². The predicted molar refractivity (Wildman–Crippen MR) is 19.3 cm³/mol. The molecule has 0 rings (SSSR count). The summed E-state index contributed by atoms with van der Waals surface area (Å²) in [6.45, 7) is 0. The van der Waals surface area contributed by atoms with Crippen LogP contribution in [0.2, 0.25) is 0 Å². The molecule has 31 valence electrons. The van der Waals surface area contributed by atoms with Crippen molar-refractivity contribution in [3.05, 3.63) is 0 Å². The van der Waals surface area contributed by atoms with Gasteiger partial charge in [-0.15, -0.1) is 0 Å². The number of hydrogen-bond donors (Lipinski definition) is 3. The molecule has 3 nitrogen and oxygen atoms in total. The van der Waals surface area contributed by atoms with Crippen LogP contribution in [0.5, 0.6) is 0 Å². The van der Waals surface area contributed by atoms with E-state index in [1.165, 1.54) is 0 Å². The van der Waals surface area contributed by atoms with Gasteiger partial charge in [0, 0.05) is 18.0 Å². The number of rotatable bonds is 0. The molecular formula is H3AsO3P. The van der Waals surface area contributed by atoms with Gasteiger partial charge in [-0.2, -0.15) is 0 Å². The third kappa shape index (κ3) is 53.1. The van der Waals surface area contributed by atoms with Crippen molar-refractivity contribution >= 4 is 26.6 Å². The fourth-order valence-corrected chi connectivity index (χ4v) is 0. The van der Waals surface area contributed by atoms with E-state index in [2.05, 4.69) is 0 Å². The van der Waals surface area contributed by atoms with Gasteiger partial charge < -0.3 is 14.7 Å². The van der Waals surface area contributed by atoms with Gasteiger partial charge >= 0.3 is 8.60 Å². The second kappa shape index (κ2) is 4.87. The molecule has 0 fully saturated rings. The summed E-state index contributed by atoms with van der Waals surface area (Å²) in [5.41, 5.74) is 0. The molecule has 5 heavy (non-hydrogen) atoms. The molecule has 0 saturated heterocycles. The van der Waals surface area contributed by atoms with Crippen LogP contribution in [0.1, 0.15) is 0 Å². The van der Waals surface area contributed by atoms with Crippen molar-refractivity contribution in [2.45, 2.75) is 0 Å². The monoisotopic (exact) mass is 157 g/mol. The third-order valence-electron chi connectivity index (χ3n) is 0. The van der Waals surface area contributed by atoms with Crippen molar-refractivity contribution in [1.82, 2.24) is 0 Å². The van der Waals surface area contributed by atoms with E-state index in [4.69, 9.17) is 14.7 Å². The van der Waals surface area contributed by atoms with Crippen molar-refractivity contribution < 1.29 is 14.7 Å². The first-order valence-corrected chi connectivity index (χ1v) is 1.80. The third-order valence-corrected chi connectivity index (χ3v) is 0. The van der Waals surface area contributed by atoms with E-state index >= 15 is 0 Å². The standard InChI is InChI=1S/As.H3O3P/c;1-4(2)3/h;1-3H. The van der Waals surface area contributed by atoms with Crippen molar-refractivity contribution in [2.75, 3.05) is 0 Å². The van der Waals surface area contributed by atoms with Crippen LogP contribution in [-0.2, 0) is 0 Å². The minimum atomic E-state index is -2.62. The average molecular weight is 157 g/mol. The van der Waals surface area contributed by atoms with Crippen LogP contribution in [0.15, 0.2) is 0 Å². The average Bonchev–Trinajstić information content (AvgIpc) is 0.811. The Morgan fingerprint density at radius 1 is 1.00 bits per heavy atom. The van der Waals surface area contributed by atoms with Gasteiger partial charge in [-0.3, -0.25) is 0 Å². The first-order valence-electron chi connectivity index (χ1n) is 0.600. The van der Waals surface area contributed by atoms with Crippen molar-refractivity contribution in [1.29, 1.82) is 0 Å². The maximum atomic E-state index is 7.23. The second-order valence-electron chi connectivity index (χ2n) is 0.268. The Hall–Kier alpha value is 0.868. The van der Waals surface area contributed by atoms with Crippen LogP contribution in [0.25, 0.3) is 0 Å². The Labute approximate surface area is 42.0 Å². The zero-order valence-corrected chi connectivity index (χ0v) is 5.01. The number of hydrogen-bond acceptors (Lipinski definition) is 3. The smallest absolute Gasteiger partial charge is 0.324 e. The van der Waals surface area contributed by atoms with E-state index in [1.54, 1.807) is 0 Å². The van der Waals surface area contributed by atoms with E-state index in [1.807, 2.05) is 0 Å². The predicted octanol–water partition coefficient (Wildman–Crippen LogP) is -1.19. The van der Waals surface area contributed by atoms with Gasteiger partial charge in [0.15, 0.2) is 0 Å². The molecule has 5 heteroatoms. The molecule has 0 amide bonds. The normalized spacial score (nSPS) is 7.20. The summed E-state index contributed by atoms with van der Waals surface area (Å²) in [5, 5.41) is 0. The molecule has 0 atom stereocenters. The molecule has 0 aliphatic heterocycles. The van der Waals surface area contributed by atoms with Gasteiger partial charge in [-0.05, 0) is 0 Å². The van der Waals surface area contributed by atoms with E-state index in [-0.39, 0.29) is 18.0 Å². The van der Waals surface area contributed by atoms with Crippen LogP contribution in [0.3, 0.4) is 0 Å². The molecule has 0 aromatic rings. The van der Waals surface area contributed by atoms with Crippen LogP contribution in [-0.4, -0.2) is 32.6 Å². The summed E-state index contributed by atoms with van der Waals surface area (Å²) in [6.07, 6.45) is 0. The first-order chi connectivity index (χ1) is 1.73. The maximum absolute atomic E-state index is 7.23. The minimum absolute atomic E-state index is 0. The first kappa shape index (κ1) is 9.29. The van der Waals surface area contributed by atoms with Crippen molar-refractivity contribution in [3.63, 3.8) is 0 Å². The van der Waals surface area contributed by atoms with Gasteiger partial charge in [-0.25, -0.2) is 0 Å². The van der Waals surface area contributed by atoms with Gasteiger partial charge in [0.2, 0.25) is 0 Å². The molecular weight excluding hydrogens is 154 g/mol. The SMILES string of the molecule is OP(O)O.[As]. The Kier molecular flexibility index (Phi) is 9.05. The Morgan fingerprint density at radius 2 is 1.00 bits per heavy atom. The van der Waals surface area contributed by atoms with Crippen molar-refractivity contribution in [3.8, 4) is 0 Å². The van der Waals surface area contributed by atoms with Gasteiger partial charge in [0.25, 0.3) is 0 Å². The molecule has 0 spiro atoms. The molecule has 0 aromatic carbocycles. The molecule has 0 bridgehead atoms. The molecule has 0 unspecified atom stereocenters. The van der Waals surface area contributed by atoms with Gasteiger partial charge in [-0.1, -0.05) is 0 Å². The molecule has 3 radical (unpaired) electrons. The summed E-state index contributed by atoms with van der Waals surface area (Å²) < 4.78 is 0. The molecule has 0 aliphatic rings. The summed E-state index contributed by atoms with van der Waals surface area (Å²) >= 11 is 0. The molecule has 0 aromatic heterocycles.